The van der Waals surface area contributed by atoms with Gasteiger partial charge in [-0.15, -0.1) is 0 Å². The molecule has 1 aromatic carbocycles. The molecule has 0 aliphatic carbocycles. The van der Waals surface area contributed by atoms with E-state index in [1.54, 1.807) is 18.2 Å². The third-order valence-electron chi connectivity index (χ3n) is 2.73. The molecule has 0 aliphatic heterocycles. The normalized spacial score (nSPS) is 10.6. The third kappa shape index (κ3) is 1.64. The standard InChI is InChI=1S/C12H10ClNO4/c1-14-7-5-3-4-6(13)8(7)10(15)9(11(14)16)12(17)18-2/h3-5,15H,1-2H3. The Morgan fingerprint density at radius 3 is 2.72 bits per heavy atom. The molecule has 1 heterocycles. The van der Waals surface area contributed by atoms with Crippen molar-refractivity contribution in [3.05, 3.63) is 39.1 Å². The topological polar surface area (TPSA) is 68.5 Å². The molecule has 0 atom stereocenters. The van der Waals surface area contributed by atoms with Crippen molar-refractivity contribution in [2.24, 2.45) is 7.05 Å². The molecule has 1 N–H and O–H groups in total. The number of carbonyl (C=O) groups excluding carboxylic acids is 1. The molecule has 0 unspecified atom stereocenters. The van der Waals surface area contributed by atoms with Gasteiger partial charge in [0.25, 0.3) is 5.56 Å². The maximum Gasteiger partial charge on any atom is 0.347 e. The fourth-order valence-corrected chi connectivity index (χ4v) is 2.08. The number of halogens is 1. The number of ether oxygens (including phenoxy) is 1. The first-order valence-electron chi connectivity index (χ1n) is 5.07. The Bertz CT molecular complexity index is 705. The maximum absolute atomic E-state index is 12.0. The van der Waals surface area contributed by atoms with Crippen LogP contribution in [0.5, 0.6) is 5.75 Å². The SMILES string of the molecule is COC(=O)c1c(O)c2c(Cl)cccc2n(C)c1=O. The van der Waals surface area contributed by atoms with E-state index >= 15 is 0 Å². The Hall–Kier alpha value is -2.01. The minimum absolute atomic E-state index is 0.252. The molecule has 2 aromatic rings. The van der Waals surface area contributed by atoms with Crippen LogP contribution in [0.2, 0.25) is 5.02 Å². The van der Waals surface area contributed by atoms with Gasteiger partial charge in [-0.05, 0) is 12.1 Å². The predicted octanol–water partition coefficient (Wildman–Crippen LogP) is 1.68. The lowest BCUT2D eigenvalue weighted by molar-refractivity contribution is 0.0595. The van der Waals surface area contributed by atoms with Crippen LogP contribution in [0.4, 0.5) is 0 Å². The highest BCUT2D eigenvalue weighted by Crippen LogP contribution is 2.32. The van der Waals surface area contributed by atoms with Crippen LogP contribution < -0.4 is 5.56 Å². The van der Waals surface area contributed by atoms with Gasteiger partial charge in [0, 0.05) is 7.05 Å². The molecule has 5 nitrogen and oxygen atoms in total. The fourth-order valence-electron chi connectivity index (χ4n) is 1.82. The largest absolute Gasteiger partial charge is 0.506 e. The van der Waals surface area contributed by atoms with E-state index in [0.29, 0.717) is 5.52 Å². The summed E-state index contributed by atoms with van der Waals surface area (Å²) < 4.78 is 5.73. The number of hydrogen-bond donors (Lipinski definition) is 1. The van der Waals surface area contributed by atoms with Crippen LogP contribution in [0.15, 0.2) is 23.0 Å². The number of rotatable bonds is 1. The predicted molar refractivity (Wildman–Crippen MR) is 67.2 cm³/mol. The van der Waals surface area contributed by atoms with Crippen molar-refractivity contribution in [2.45, 2.75) is 0 Å². The van der Waals surface area contributed by atoms with Crippen molar-refractivity contribution in [2.75, 3.05) is 7.11 Å². The van der Waals surface area contributed by atoms with Crippen LogP contribution in [0.1, 0.15) is 10.4 Å². The molecule has 0 amide bonds. The fraction of sp³-hybridized carbons (Fsp3) is 0.167. The van der Waals surface area contributed by atoms with Crippen LogP contribution >= 0.6 is 11.6 Å². The van der Waals surface area contributed by atoms with Crippen molar-refractivity contribution >= 4 is 28.5 Å². The van der Waals surface area contributed by atoms with Crippen LogP contribution in [0, 0.1) is 0 Å². The van der Waals surface area contributed by atoms with E-state index in [4.69, 9.17) is 11.6 Å². The molecule has 0 spiro atoms. The van der Waals surface area contributed by atoms with Gasteiger partial charge in [0.1, 0.15) is 5.75 Å². The average molecular weight is 268 g/mol. The van der Waals surface area contributed by atoms with Gasteiger partial charge in [-0.3, -0.25) is 4.79 Å². The van der Waals surface area contributed by atoms with Gasteiger partial charge in [0.15, 0.2) is 5.56 Å². The summed E-state index contributed by atoms with van der Waals surface area (Å²) in [5.41, 5.74) is -0.604. The molecule has 2 rings (SSSR count). The molecule has 0 aliphatic rings. The summed E-state index contributed by atoms with van der Waals surface area (Å²) in [7, 11) is 2.63. The number of esters is 1. The van der Waals surface area contributed by atoms with Gasteiger partial charge in [-0.25, -0.2) is 4.79 Å². The Morgan fingerprint density at radius 2 is 2.11 bits per heavy atom. The van der Waals surface area contributed by atoms with Crippen molar-refractivity contribution in [3.63, 3.8) is 0 Å². The summed E-state index contributed by atoms with van der Waals surface area (Å²) in [5, 5.41) is 10.5. The zero-order chi connectivity index (χ0) is 13.4. The van der Waals surface area contributed by atoms with Crippen LogP contribution in [-0.2, 0) is 11.8 Å². The van der Waals surface area contributed by atoms with E-state index in [9.17, 15) is 14.7 Å². The first-order chi connectivity index (χ1) is 8.49. The van der Waals surface area contributed by atoms with Crippen LogP contribution in [0.25, 0.3) is 10.9 Å². The van der Waals surface area contributed by atoms with E-state index in [-0.39, 0.29) is 10.4 Å². The van der Waals surface area contributed by atoms with Gasteiger partial charge in [0.05, 0.1) is 23.0 Å². The molecule has 18 heavy (non-hydrogen) atoms. The smallest absolute Gasteiger partial charge is 0.347 e. The molecule has 0 radical (unpaired) electrons. The number of pyridine rings is 1. The Morgan fingerprint density at radius 1 is 1.44 bits per heavy atom. The molecule has 6 heteroatoms. The second-order valence-electron chi connectivity index (χ2n) is 3.71. The lowest BCUT2D eigenvalue weighted by atomic mass is 10.1. The van der Waals surface area contributed by atoms with Crippen molar-refractivity contribution < 1.29 is 14.6 Å². The Kier molecular flexibility index (Phi) is 3.00. The van der Waals surface area contributed by atoms with Gasteiger partial charge in [0.2, 0.25) is 0 Å². The van der Waals surface area contributed by atoms with E-state index in [0.717, 1.165) is 7.11 Å². The maximum atomic E-state index is 12.0. The Labute approximate surface area is 107 Å². The third-order valence-corrected chi connectivity index (χ3v) is 3.05. The number of hydrogen-bond acceptors (Lipinski definition) is 4. The minimum Gasteiger partial charge on any atom is -0.506 e. The summed E-state index contributed by atoms with van der Waals surface area (Å²) in [6.07, 6.45) is 0. The molecule has 0 saturated carbocycles. The van der Waals surface area contributed by atoms with Crippen LogP contribution in [-0.4, -0.2) is 22.8 Å². The monoisotopic (exact) mass is 267 g/mol. The highest BCUT2D eigenvalue weighted by Gasteiger charge is 2.22. The summed E-state index contributed by atoms with van der Waals surface area (Å²) in [6, 6.07) is 4.85. The molecule has 1 aromatic heterocycles. The lowest BCUT2D eigenvalue weighted by Crippen LogP contribution is -2.25. The first kappa shape index (κ1) is 12.4. The minimum atomic E-state index is -0.894. The highest BCUT2D eigenvalue weighted by atomic mass is 35.5. The van der Waals surface area contributed by atoms with Crippen molar-refractivity contribution in [1.29, 1.82) is 0 Å². The number of aromatic nitrogens is 1. The zero-order valence-electron chi connectivity index (χ0n) is 9.73. The number of aromatic hydroxyl groups is 1. The number of methoxy groups -OCH3 is 1. The van der Waals surface area contributed by atoms with E-state index in [1.165, 1.54) is 11.6 Å². The number of benzene rings is 1. The molecular weight excluding hydrogens is 258 g/mol. The molecule has 0 saturated heterocycles. The summed E-state index contributed by atoms with van der Waals surface area (Å²) in [4.78, 5) is 23.5. The van der Waals surface area contributed by atoms with E-state index in [1.807, 2.05) is 0 Å². The highest BCUT2D eigenvalue weighted by molar-refractivity contribution is 6.36. The molecule has 0 fully saturated rings. The molecular formula is C12H10ClNO4. The van der Waals surface area contributed by atoms with E-state index < -0.39 is 22.8 Å². The second-order valence-corrected chi connectivity index (χ2v) is 4.12. The zero-order valence-corrected chi connectivity index (χ0v) is 10.5. The molecule has 0 bridgehead atoms. The number of nitrogens with zero attached hydrogens (tertiary/aromatic N) is 1. The van der Waals surface area contributed by atoms with E-state index in [2.05, 4.69) is 4.74 Å². The summed E-state index contributed by atoms with van der Waals surface area (Å²) >= 11 is 5.98. The second kappa shape index (κ2) is 4.34. The average Bonchev–Trinajstić information content (AvgIpc) is 2.35. The van der Waals surface area contributed by atoms with Crippen molar-refractivity contribution in [1.82, 2.24) is 4.57 Å². The number of fused-ring (bicyclic) bond motifs is 1. The molecule has 94 valence electrons. The first-order valence-corrected chi connectivity index (χ1v) is 5.45. The van der Waals surface area contributed by atoms with Gasteiger partial charge < -0.3 is 14.4 Å². The lowest BCUT2D eigenvalue weighted by Gasteiger charge is -2.11. The van der Waals surface area contributed by atoms with Gasteiger partial charge in [-0.1, -0.05) is 17.7 Å². The van der Waals surface area contributed by atoms with Crippen molar-refractivity contribution in [3.8, 4) is 5.75 Å². The number of carbonyl (C=O) groups is 1. The summed E-state index contributed by atoms with van der Waals surface area (Å²) in [5.74, 6) is -1.35. The van der Waals surface area contributed by atoms with Gasteiger partial charge >= 0.3 is 5.97 Å². The summed E-state index contributed by atoms with van der Waals surface area (Å²) in [6.45, 7) is 0. The number of aryl methyl sites for hydroxylation is 1. The van der Waals surface area contributed by atoms with Gasteiger partial charge in [-0.2, -0.15) is 0 Å². The van der Waals surface area contributed by atoms with Crippen LogP contribution in [0.3, 0.4) is 0 Å². The quantitative estimate of drug-likeness (QED) is 0.798. The Balaban J connectivity index is 3.04.